The Labute approximate surface area is 122 Å². The lowest BCUT2D eigenvalue weighted by Gasteiger charge is -2.05. The smallest absolute Gasteiger partial charge is 0.305 e. The average molecular weight is 286 g/mol. The van der Waals surface area contributed by atoms with Gasteiger partial charge in [0.2, 0.25) is 11.2 Å². The summed E-state index contributed by atoms with van der Waals surface area (Å²) in [6.07, 6.45) is 1.98. The molecule has 1 aromatic heterocycles. The predicted octanol–water partition coefficient (Wildman–Crippen LogP) is 2.46. The molecule has 6 heteroatoms. The molecule has 0 unspecified atom stereocenters. The number of methoxy groups -OCH3 is 1. The van der Waals surface area contributed by atoms with Gasteiger partial charge < -0.3 is 9.15 Å². The van der Waals surface area contributed by atoms with E-state index in [1.54, 1.807) is 0 Å². The summed E-state index contributed by atoms with van der Waals surface area (Å²) in [5.74, 6) is 0.558. The topological polar surface area (TPSA) is 70.8 Å². The minimum atomic E-state index is -0.264. The molecule has 0 N–H and O–H groups in total. The molecular formula is C15H16N3O3+. The molecule has 0 aliphatic carbocycles. The van der Waals surface area contributed by atoms with Gasteiger partial charge in [0.15, 0.2) is 6.54 Å². The highest BCUT2D eigenvalue weighted by Gasteiger charge is 2.16. The van der Waals surface area contributed by atoms with E-state index in [2.05, 4.69) is 5.08 Å². The van der Waals surface area contributed by atoms with Crippen molar-refractivity contribution in [3.63, 3.8) is 0 Å². The third-order valence-electron chi connectivity index (χ3n) is 3.04. The highest BCUT2D eigenvalue weighted by atomic mass is 16.5. The van der Waals surface area contributed by atoms with Crippen molar-refractivity contribution >= 4 is 0 Å². The van der Waals surface area contributed by atoms with Crippen molar-refractivity contribution in [3.8, 4) is 5.75 Å². The van der Waals surface area contributed by atoms with E-state index in [1.165, 1.54) is 24.4 Å². The normalized spacial score (nSPS) is 9.90. The van der Waals surface area contributed by atoms with E-state index in [4.69, 9.17) is 14.5 Å². The lowest BCUT2D eigenvalue weighted by molar-refractivity contribution is 0.308. The summed E-state index contributed by atoms with van der Waals surface area (Å²) in [7, 11) is 1.40. The third kappa shape index (κ3) is 4.08. The molecule has 0 radical (unpaired) electrons. The fourth-order valence-corrected chi connectivity index (χ4v) is 1.91. The lowest BCUT2D eigenvalue weighted by atomic mass is 10.1. The zero-order chi connectivity index (χ0) is 15.1. The van der Waals surface area contributed by atoms with Crippen LogP contribution in [0.4, 0.5) is 0 Å². The first-order chi connectivity index (χ1) is 10.2. The fourth-order valence-electron chi connectivity index (χ4n) is 1.91. The first-order valence-electron chi connectivity index (χ1n) is 6.52. The zero-order valence-electron chi connectivity index (χ0n) is 11.7. The number of diazo groups is 1. The summed E-state index contributed by atoms with van der Waals surface area (Å²) in [5.41, 5.74) is 0.877. The van der Waals surface area contributed by atoms with Crippen molar-refractivity contribution < 1.29 is 9.15 Å². The maximum absolute atomic E-state index is 11.6. The molecule has 0 atom stereocenters. The Morgan fingerprint density at radius 1 is 1.33 bits per heavy atom. The van der Waals surface area contributed by atoms with Crippen LogP contribution in [-0.2, 0) is 13.0 Å². The maximum Gasteiger partial charge on any atom is 0.305 e. The number of ether oxygens (including phenoxy) is 1. The van der Waals surface area contributed by atoms with Crippen LogP contribution in [-0.4, -0.2) is 18.7 Å². The minimum absolute atomic E-state index is 0.149. The summed E-state index contributed by atoms with van der Waals surface area (Å²) in [6, 6.07) is 11.2. The molecule has 2 rings (SSSR count). The van der Waals surface area contributed by atoms with Crippen LogP contribution in [0.2, 0.25) is 0 Å². The molecule has 21 heavy (non-hydrogen) atoms. The Hall–Kier alpha value is -2.81. The quantitative estimate of drug-likeness (QED) is 0.602. The van der Waals surface area contributed by atoms with Gasteiger partial charge in [0.05, 0.1) is 13.7 Å². The van der Waals surface area contributed by atoms with Crippen LogP contribution in [0.25, 0.3) is 5.08 Å². The highest BCUT2D eigenvalue weighted by molar-refractivity contribution is 5.17. The first kappa shape index (κ1) is 14.6. The SMILES string of the molecule is COc1coc(CN(CCc2ccccc2)[N+]#N)cc1=O. The van der Waals surface area contributed by atoms with Gasteiger partial charge in [-0.05, 0) is 17.0 Å². The van der Waals surface area contributed by atoms with Gasteiger partial charge in [-0.1, -0.05) is 30.3 Å². The molecule has 0 aliphatic heterocycles. The van der Waals surface area contributed by atoms with Crippen molar-refractivity contribution in [2.45, 2.75) is 13.0 Å². The summed E-state index contributed by atoms with van der Waals surface area (Å²) >= 11 is 0. The van der Waals surface area contributed by atoms with E-state index < -0.39 is 0 Å². The Balaban J connectivity index is 1.98. The molecule has 1 aromatic carbocycles. The van der Waals surface area contributed by atoms with E-state index >= 15 is 0 Å². The van der Waals surface area contributed by atoms with Gasteiger partial charge >= 0.3 is 5.08 Å². The van der Waals surface area contributed by atoms with Crippen molar-refractivity contribution in [3.05, 3.63) is 69.3 Å². The second-order valence-electron chi connectivity index (χ2n) is 4.49. The van der Waals surface area contributed by atoms with E-state index in [-0.39, 0.29) is 17.7 Å². The van der Waals surface area contributed by atoms with Gasteiger partial charge in [0.25, 0.3) is 5.39 Å². The molecule has 0 saturated heterocycles. The molecule has 0 saturated carbocycles. The van der Waals surface area contributed by atoms with Crippen LogP contribution < -0.4 is 10.2 Å². The van der Waals surface area contributed by atoms with E-state index in [9.17, 15) is 4.79 Å². The van der Waals surface area contributed by atoms with Crippen LogP contribution in [0.1, 0.15) is 11.3 Å². The number of rotatable bonds is 6. The number of benzene rings is 1. The second-order valence-corrected chi connectivity index (χ2v) is 4.49. The van der Waals surface area contributed by atoms with Crippen molar-refractivity contribution in [2.24, 2.45) is 0 Å². The number of hydrogen-bond acceptors (Lipinski definition) is 5. The zero-order valence-corrected chi connectivity index (χ0v) is 11.7. The summed E-state index contributed by atoms with van der Waals surface area (Å²) in [6.45, 7) is 0.721. The van der Waals surface area contributed by atoms with Gasteiger partial charge in [0, 0.05) is 6.07 Å². The molecule has 2 aromatic rings. The van der Waals surface area contributed by atoms with Crippen LogP contribution in [0, 0.1) is 5.39 Å². The van der Waals surface area contributed by atoms with E-state index in [0.717, 1.165) is 12.0 Å². The summed E-state index contributed by atoms with van der Waals surface area (Å²) in [4.78, 5) is 11.6. The van der Waals surface area contributed by atoms with Gasteiger partial charge in [-0.15, -0.1) is 0 Å². The summed E-state index contributed by atoms with van der Waals surface area (Å²) < 4.78 is 10.1. The molecule has 0 bridgehead atoms. The van der Waals surface area contributed by atoms with Crippen LogP contribution in [0.5, 0.6) is 5.75 Å². The molecule has 0 spiro atoms. The van der Waals surface area contributed by atoms with Crippen molar-refractivity contribution in [1.29, 1.82) is 5.39 Å². The van der Waals surface area contributed by atoms with E-state index in [0.29, 0.717) is 12.3 Å². The van der Waals surface area contributed by atoms with Crippen molar-refractivity contribution in [1.82, 2.24) is 5.01 Å². The van der Waals surface area contributed by atoms with Crippen LogP contribution >= 0.6 is 0 Å². The Morgan fingerprint density at radius 2 is 2.10 bits per heavy atom. The Bertz CT molecular complexity index is 677. The molecule has 108 valence electrons. The van der Waals surface area contributed by atoms with E-state index in [1.807, 2.05) is 30.3 Å². The minimum Gasteiger partial charge on any atom is -0.490 e. The standard InChI is InChI=1S/C15H16N3O3/c1-20-15-11-21-13(9-14(15)19)10-18(17-16)8-7-12-5-3-2-4-6-12/h2-6,9,11H,7-8,10H2,1H3/q+1. The second kappa shape index (κ2) is 7.10. The largest absolute Gasteiger partial charge is 0.490 e. The molecule has 1 heterocycles. The Kier molecular flexibility index (Phi) is 4.94. The molecular weight excluding hydrogens is 270 g/mol. The molecule has 6 nitrogen and oxygen atoms in total. The van der Waals surface area contributed by atoms with Crippen LogP contribution in [0.15, 0.2) is 51.9 Å². The fraction of sp³-hybridized carbons (Fsp3) is 0.267. The average Bonchev–Trinajstić information content (AvgIpc) is 2.52. The molecule has 0 aliphatic rings. The Morgan fingerprint density at radius 3 is 2.71 bits per heavy atom. The van der Waals surface area contributed by atoms with Gasteiger partial charge in [0.1, 0.15) is 12.0 Å². The first-order valence-corrected chi connectivity index (χ1v) is 6.52. The van der Waals surface area contributed by atoms with Crippen molar-refractivity contribution in [2.75, 3.05) is 13.7 Å². The van der Waals surface area contributed by atoms with Gasteiger partial charge in [-0.25, -0.2) is 0 Å². The maximum atomic E-state index is 11.6. The molecule has 0 amide bonds. The monoisotopic (exact) mass is 286 g/mol. The summed E-state index contributed by atoms with van der Waals surface area (Å²) in [5, 5.41) is 13.7. The lowest BCUT2D eigenvalue weighted by Crippen LogP contribution is -2.19. The predicted molar refractivity (Wildman–Crippen MR) is 77.2 cm³/mol. The van der Waals surface area contributed by atoms with Gasteiger partial charge in [-0.3, -0.25) is 4.79 Å². The highest BCUT2D eigenvalue weighted by Crippen LogP contribution is 2.09. The number of hydrogen-bond donors (Lipinski definition) is 0. The van der Waals surface area contributed by atoms with Gasteiger partial charge in [-0.2, -0.15) is 0 Å². The van der Waals surface area contributed by atoms with Crippen LogP contribution in [0.3, 0.4) is 0 Å². The number of nitrogens with zero attached hydrogens (tertiary/aromatic N) is 3. The molecule has 0 fully saturated rings. The third-order valence-corrected chi connectivity index (χ3v) is 3.04.